The quantitative estimate of drug-likeness (QED) is 0.791. The van der Waals surface area contributed by atoms with Crippen molar-refractivity contribution in [2.75, 3.05) is 6.54 Å². The minimum atomic E-state index is 0.184. The third kappa shape index (κ3) is 2.93. The van der Waals surface area contributed by atoms with Gasteiger partial charge in [-0.25, -0.2) is 0 Å². The van der Waals surface area contributed by atoms with Crippen molar-refractivity contribution < 1.29 is 0 Å². The molecule has 106 valence electrons. The van der Waals surface area contributed by atoms with E-state index in [4.69, 9.17) is 0 Å². The predicted molar refractivity (Wildman–Crippen MR) is 86.2 cm³/mol. The second-order valence-corrected chi connectivity index (χ2v) is 5.18. The number of hydrogen-bond donors (Lipinski definition) is 1. The number of fused-ring (bicyclic) bond motifs is 1. The third-order valence-corrected chi connectivity index (χ3v) is 3.63. The van der Waals surface area contributed by atoms with Crippen molar-refractivity contribution in [1.82, 2.24) is 15.3 Å². The molecular weight excluding hydrogens is 258 g/mol. The lowest BCUT2D eigenvalue weighted by Crippen LogP contribution is -2.21. The van der Waals surface area contributed by atoms with Gasteiger partial charge in [-0.3, -0.25) is 9.97 Å². The minimum Gasteiger partial charge on any atom is -0.307 e. The van der Waals surface area contributed by atoms with E-state index in [2.05, 4.69) is 64.7 Å². The van der Waals surface area contributed by atoms with Gasteiger partial charge in [0.05, 0.1) is 11.6 Å². The molecule has 0 aliphatic rings. The van der Waals surface area contributed by atoms with Gasteiger partial charge in [0.15, 0.2) is 0 Å². The molecule has 3 rings (SSSR count). The molecule has 2 heterocycles. The summed E-state index contributed by atoms with van der Waals surface area (Å²) in [7, 11) is 0. The first-order chi connectivity index (χ1) is 10.3. The molecule has 1 aromatic carbocycles. The number of nitrogens with zero attached hydrogens (tertiary/aromatic N) is 2. The monoisotopic (exact) mass is 277 g/mol. The molecule has 0 radical (unpaired) electrons. The average Bonchev–Trinajstić information content (AvgIpc) is 2.53. The van der Waals surface area contributed by atoms with Crippen molar-refractivity contribution in [3.05, 3.63) is 71.7 Å². The van der Waals surface area contributed by atoms with Gasteiger partial charge < -0.3 is 5.32 Å². The number of nitrogens with one attached hydrogen (secondary N) is 1. The normalized spacial score (nSPS) is 12.5. The summed E-state index contributed by atoms with van der Waals surface area (Å²) in [5.74, 6) is 0. The Hall–Kier alpha value is -2.26. The van der Waals surface area contributed by atoms with Gasteiger partial charge >= 0.3 is 0 Å². The Balaban J connectivity index is 2.05. The number of aromatic nitrogens is 2. The van der Waals surface area contributed by atoms with Crippen LogP contribution >= 0.6 is 0 Å². The van der Waals surface area contributed by atoms with Crippen LogP contribution in [-0.4, -0.2) is 16.5 Å². The van der Waals surface area contributed by atoms with Crippen molar-refractivity contribution in [3.63, 3.8) is 0 Å². The van der Waals surface area contributed by atoms with E-state index in [0.29, 0.717) is 0 Å². The number of hydrogen-bond acceptors (Lipinski definition) is 3. The van der Waals surface area contributed by atoms with E-state index in [1.54, 1.807) is 0 Å². The summed E-state index contributed by atoms with van der Waals surface area (Å²) in [5, 5.41) is 4.72. The Labute approximate surface area is 125 Å². The maximum atomic E-state index is 4.56. The molecule has 0 spiro atoms. The minimum absolute atomic E-state index is 0.184. The maximum absolute atomic E-state index is 4.56. The van der Waals surface area contributed by atoms with Crippen LogP contribution in [0.15, 0.2) is 54.9 Å². The van der Waals surface area contributed by atoms with Crippen molar-refractivity contribution in [1.29, 1.82) is 0 Å². The van der Waals surface area contributed by atoms with E-state index in [9.17, 15) is 0 Å². The van der Waals surface area contributed by atoms with E-state index < -0.39 is 0 Å². The highest BCUT2D eigenvalue weighted by molar-refractivity contribution is 5.79. The van der Waals surface area contributed by atoms with E-state index in [1.165, 1.54) is 16.5 Å². The van der Waals surface area contributed by atoms with E-state index in [-0.39, 0.29) is 6.04 Å². The highest BCUT2D eigenvalue weighted by atomic mass is 14.9. The van der Waals surface area contributed by atoms with Crippen LogP contribution in [0, 0.1) is 6.92 Å². The van der Waals surface area contributed by atoms with Crippen LogP contribution in [0.2, 0.25) is 0 Å². The highest BCUT2D eigenvalue weighted by Crippen LogP contribution is 2.24. The molecule has 1 atom stereocenters. The maximum Gasteiger partial charge on any atom is 0.0705 e. The molecule has 0 bridgehead atoms. The molecule has 0 amide bonds. The van der Waals surface area contributed by atoms with E-state index in [1.807, 2.05) is 19.3 Å². The summed E-state index contributed by atoms with van der Waals surface area (Å²) in [5.41, 5.74) is 4.57. The van der Waals surface area contributed by atoms with E-state index >= 15 is 0 Å². The molecule has 3 heteroatoms. The van der Waals surface area contributed by atoms with Crippen LogP contribution < -0.4 is 5.32 Å². The first-order valence-corrected chi connectivity index (χ1v) is 7.28. The van der Waals surface area contributed by atoms with Crippen LogP contribution in [0.5, 0.6) is 0 Å². The molecule has 1 unspecified atom stereocenters. The second-order valence-electron chi connectivity index (χ2n) is 5.18. The summed E-state index contributed by atoms with van der Waals surface area (Å²) >= 11 is 0. The molecular formula is C18H19N3. The molecule has 1 N–H and O–H groups in total. The zero-order valence-corrected chi connectivity index (χ0v) is 12.4. The lowest BCUT2D eigenvalue weighted by atomic mass is 9.98. The second kappa shape index (κ2) is 6.02. The number of aryl methyl sites for hydroxylation is 1. The fourth-order valence-electron chi connectivity index (χ4n) is 2.61. The smallest absolute Gasteiger partial charge is 0.0705 e. The number of benzene rings is 1. The Bertz CT molecular complexity index is 738. The van der Waals surface area contributed by atoms with Crippen LogP contribution in [-0.2, 0) is 0 Å². The summed E-state index contributed by atoms with van der Waals surface area (Å²) in [6, 6.07) is 15.0. The zero-order chi connectivity index (χ0) is 14.7. The van der Waals surface area contributed by atoms with Crippen molar-refractivity contribution in [3.8, 4) is 0 Å². The fourth-order valence-corrected chi connectivity index (χ4v) is 2.61. The summed E-state index contributed by atoms with van der Waals surface area (Å²) in [4.78, 5) is 8.67. The molecule has 0 aliphatic heterocycles. The molecule has 0 aliphatic carbocycles. The molecule has 0 fully saturated rings. The SMILES string of the molecule is CCNC(c1ccncc1)c1ccc2nc(C)ccc2c1. The first-order valence-electron chi connectivity index (χ1n) is 7.28. The predicted octanol–water partition coefficient (Wildman–Crippen LogP) is 3.64. The number of rotatable bonds is 4. The summed E-state index contributed by atoms with van der Waals surface area (Å²) in [6.45, 7) is 5.06. The van der Waals surface area contributed by atoms with Gasteiger partial charge in [-0.05, 0) is 54.9 Å². The Morgan fingerprint density at radius 1 is 1.00 bits per heavy atom. The topological polar surface area (TPSA) is 37.8 Å². The molecule has 0 saturated heterocycles. The summed E-state index contributed by atoms with van der Waals surface area (Å²) < 4.78 is 0. The largest absolute Gasteiger partial charge is 0.307 e. The van der Waals surface area contributed by atoms with Crippen LogP contribution in [0.25, 0.3) is 10.9 Å². The van der Waals surface area contributed by atoms with Crippen LogP contribution in [0.1, 0.15) is 29.8 Å². The van der Waals surface area contributed by atoms with Crippen molar-refractivity contribution in [2.24, 2.45) is 0 Å². The highest BCUT2D eigenvalue weighted by Gasteiger charge is 2.13. The van der Waals surface area contributed by atoms with Crippen LogP contribution in [0.3, 0.4) is 0 Å². The zero-order valence-electron chi connectivity index (χ0n) is 12.4. The standard InChI is InChI=1S/C18H19N3/c1-3-20-18(14-8-10-19-11-9-14)16-6-7-17-15(12-16)5-4-13(2)21-17/h4-12,18,20H,3H2,1-2H3. The molecule has 2 aromatic heterocycles. The van der Waals surface area contributed by atoms with Crippen LogP contribution in [0.4, 0.5) is 0 Å². The fraction of sp³-hybridized carbons (Fsp3) is 0.222. The Morgan fingerprint density at radius 2 is 1.81 bits per heavy atom. The van der Waals surface area contributed by atoms with Gasteiger partial charge in [-0.2, -0.15) is 0 Å². The van der Waals surface area contributed by atoms with Gasteiger partial charge in [0.25, 0.3) is 0 Å². The van der Waals surface area contributed by atoms with Gasteiger partial charge in [0.2, 0.25) is 0 Å². The van der Waals surface area contributed by atoms with E-state index in [0.717, 1.165) is 17.8 Å². The molecule has 3 nitrogen and oxygen atoms in total. The first kappa shape index (κ1) is 13.7. The molecule has 3 aromatic rings. The Morgan fingerprint density at radius 3 is 2.57 bits per heavy atom. The number of pyridine rings is 2. The Kier molecular flexibility index (Phi) is 3.93. The van der Waals surface area contributed by atoms with Crippen molar-refractivity contribution in [2.45, 2.75) is 19.9 Å². The van der Waals surface area contributed by atoms with Gasteiger partial charge in [0.1, 0.15) is 0 Å². The van der Waals surface area contributed by atoms with Gasteiger partial charge in [0, 0.05) is 23.5 Å². The van der Waals surface area contributed by atoms with Crippen molar-refractivity contribution >= 4 is 10.9 Å². The lowest BCUT2D eigenvalue weighted by molar-refractivity contribution is 0.630. The molecule has 0 saturated carbocycles. The summed E-state index contributed by atoms with van der Waals surface area (Å²) in [6.07, 6.45) is 3.68. The lowest BCUT2D eigenvalue weighted by Gasteiger charge is -2.19. The molecule has 21 heavy (non-hydrogen) atoms. The average molecular weight is 277 g/mol. The van der Waals surface area contributed by atoms with Gasteiger partial charge in [-0.15, -0.1) is 0 Å². The van der Waals surface area contributed by atoms with Gasteiger partial charge in [-0.1, -0.05) is 19.1 Å². The third-order valence-electron chi connectivity index (χ3n) is 3.63.